The molecule has 5 nitrogen and oxygen atoms in total. The van der Waals surface area contributed by atoms with Gasteiger partial charge in [0.1, 0.15) is 17.2 Å². The number of carbonyl (C=O) groups is 1. The first-order valence-electron chi connectivity index (χ1n) is 11.1. The van der Waals surface area contributed by atoms with Crippen LogP contribution >= 0.6 is 0 Å². The van der Waals surface area contributed by atoms with Gasteiger partial charge in [0.15, 0.2) is 0 Å². The molecule has 160 valence electrons. The maximum absolute atomic E-state index is 11.6. The van der Waals surface area contributed by atoms with Gasteiger partial charge in [-0.25, -0.2) is 4.98 Å². The number of rotatable bonds is 5. The maximum Gasteiger partial charge on any atom is 0.245 e. The molecule has 1 fully saturated rings. The fraction of sp³-hybridized carbons (Fsp3) is 0.385. The van der Waals surface area contributed by atoms with Crippen LogP contribution in [0.25, 0.3) is 22.5 Å². The zero-order valence-corrected chi connectivity index (χ0v) is 18.8. The monoisotopic (exact) mass is 414 g/mol. The molecule has 0 saturated carbocycles. The van der Waals surface area contributed by atoms with Gasteiger partial charge >= 0.3 is 0 Å². The topological polar surface area (TPSA) is 59.0 Å². The van der Waals surface area contributed by atoms with E-state index in [2.05, 4.69) is 91.3 Å². The smallest absolute Gasteiger partial charge is 0.245 e. The number of nitrogens with zero attached hydrogens (tertiary/aromatic N) is 4. The van der Waals surface area contributed by atoms with Gasteiger partial charge in [-0.15, -0.1) is 10.2 Å². The Labute approximate surface area is 184 Å². The number of aromatic nitrogens is 3. The predicted molar refractivity (Wildman–Crippen MR) is 125 cm³/mol. The lowest BCUT2D eigenvalue weighted by Gasteiger charge is -2.26. The van der Waals surface area contributed by atoms with Crippen molar-refractivity contribution >= 4 is 11.7 Å². The lowest BCUT2D eigenvalue weighted by atomic mass is 9.97. The predicted octanol–water partition coefficient (Wildman–Crippen LogP) is 5.62. The van der Waals surface area contributed by atoms with Crippen molar-refractivity contribution in [2.75, 3.05) is 18.0 Å². The third-order valence-electron chi connectivity index (χ3n) is 5.98. The van der Waals surface area contributed by atoms with Crippen molar-refractivity contribution in [2.24, 2.45) is 0 Å². The number of Topliss-reactive ketones (excluding diaryl/α,β-unsaturated/α-hetero) is 1. The minimum absolute atomic E-state index is 0.301. The second-order valence-electron chi connectivity index (χ2n) is 8.89. The highest BCUT2D eigenvalue weighted by Crippen LogP contribution is 2.32. The third-order valence-corrected chi connectivity index (χ3v) is 5.98. The van der Waals surface area contributed by atoms with Gasteiger partial charge in [0.2, 0.25) is 5.95 Å². The highest BCUT2D eigenvalue weighted by atomic mass is 16.1. The molecule has 1 aliphatic heterocycles. The van der Waals surface area contributed by atoms with Crippen LogP contribution in [0.1, 0.15) is 63.5 Å². The lowest BCUT2D eigenvalue weighted by molar-refractivity contribution is -0.119. The highest BCUT2D eigenvalue weighted by molar-refractivity contribution is 5.81. The fourth-order valence-corrected chi connectivity index (χ4v) is 3.85. The van der Waals surface area contributed by atoms with E-state index in [9.17, 15) is 4.79 Å². The van der Waals surface area contributed by atoms with Crippen LogP contribution in [0.4, 0.5) is 5.95 Å². The number of carbonyl (C=O) groups excluding carboxylic acids is 1. The van der Waals surface area contributed by atoms with Crippen LogP contribution in [0.5, 0.6) is 0 Å². The molecule has 3 aromatic rings. The summed E-state index contributed by atoms with van der Waals surface area (Å²) in [7, 11) is 0. The largest absolute Gasteiger partial charge is 0.339 e. The number of anilines is 1. The fourth-order valence-electron chi connectivity index (χ4n) is 3.85. The Morgan fingerprint density at radius 2 is 1.19 bits per heavy atom. The summed E-state index contributed by atoms with van der Waals surface area (Å²) in [5, 5.41) is 9.06. The molecular weight excluding hydrogens is 384 g/mol. The van der Waals surface area contributed by atoms with E-state index < -0.39 is 0 Å². The molecule has 0 unspecified atom stereocenters. The molecule has 2 aromatic carbocycles. The number of ketones is 1. The van der Waals surface area contributed by atoms with Crippen molar-refractivity contribution < 1.29 is 4.79 Å². The van der Waals surface area contributed by atoms with Crippen LogP contribution < -0.4 is 4.90 Å². The molecule has 0 atom stereocenters. The zero-order valence-electron chi connectivity index (χ0n) is 18.8. The number of piperidine rings is 1. The van der Waals surface area contributed by atoms with E-state index in [1.54, 1.807) is 0 Å². The molecular formula is C26H30N4O. The van der Waals surface area contributed by atoms with Crippen LogP contribution in [-0.4, -0.2) is 34.1 Å². The normalized spacial score (nSPS) is 14.5. The second-order valence-corrected chi connectivity index (χ2v) is 8.89. The number of benzene rings is 2. The molecule has 31 heavy (non-hydrogen) atoms. The van der Waals surface area contributed by atoms with Crippen molar-refractivity contribution in [1.29, 1.82) is 0 Å². The zero-order chi connectivity index (χ0) is 22.0. The van der Waals surface area contributed by atoms with Crippen molar-refractivity contribution in [1.82, 2.24) is 15.2 Å². The van der Waals surface area contributed by atoms with E-state index in [1.807, 2.05) is 0 Å². The van der Waals surface area contributed by atoms with Gasteiger partial charge in [0.05, 0.1) is 0 Å². The lowest BCUT2D eigenvalue weighted by Crippen LogP contribution is -2.35. The first-order valence-corrected chi connectivity index (χ1v) is 11.1. The molecule has 2 heterocycles. The van der Waals surface area contributed by atoms with Crippen molar-refractivity contribution in [3.8, 4) is 22.5 Å². The first kappa shape index (κ1) is 21.2. The van der Waals surface area contributed by atoms with E-state index in [-0.39, 0.29) is 0 Å². The third kappa shape index (κ3) is 4.66. The van der Waals surface area contributed by atoms with Gasteiger partial charge in [-0.05, 0) is 23.0 Å². The van der Waals surface area contributed by atoms with Crippen molar-refractivity contribution in [3.63, 3.8) is 0 Å². The summed E-state index contributed by atoms with van der Waals surface area (Å²) in [6, 6.07) is 17.1. The summed E-state index contributed by atoms with van der Waals surface area (Å²) < 4.78 is 0. The Morgan fingerprint density at radius 3 is 1.68 bits per heavy atom. The summed E-state index contributed by atoms with van der Waals surface area (Å²) in [6.07, 6.45) is 1.08. The minimum Gasteiger partial charge on any atom is -0.339 e. The molecule has 0 radical (unpaired) electrons. The molecule has 4 rings (SSSR count). The molecule has 1 saturated heterocycles. The molecule has 0 amide bonds. The maximum atomic E-state index is 11.6. The van der Waals surface area contributed by atoms with Crippen LogP contribution in [0, 0.1) is 0 Å². The summed E-state index contributed by atoms with van der Waals surface area (Å²) in [4.78, 5) is 18.6. The van der Waals surface area contributed by atoms with E-state index >= 15 is 0 Å². The quantitative estimate of drug-likeness (QED) is 0.542. The van der Waals surface area contributed by atoms with E-state index in [1.165, 1.54) is 11.1 Å². The molecule has 0 aliphatic carbocycles. The van der Waals surface area contributed by atoms with Gasteiger partial charge < -0.3 is 4.90 Å². The number of hydrogen-bond acceptors (Lipinski definition) is 5. The number of hydrogen-bond donors (Lipinski definition) is 0. The summed E-state index contributed by atoms with van der Waals surface area (Å²) in [6.45, 7) is 10.1. The Morgan fingerprint density at radius 1 is 0.710 bits per heavy atom. The standard InChI is InChI=1S/C26H30N4O/c1-17(2)19-5-9-21(10-6-19)24-25(22-11-7-20(8-12-22)18(3)4)28-29-26(27-24)30-15-13-23(31)14-16-30/h5-12,17-18H,13-16H2,1-4H3. The average molecular weight is 415 g/mol. The highest BCUT2D eigenvalue weighted by Gasteiger charge is 2.21. The average Bonchev–Trinajstić information content (AvgIpc) is 2.79. The summed E-state index contributed by atoms with van der Waals surface area (Å²) in [5.41, 5.74) is 6.23. The van der Waals surface area contributed by atoms with Crippen LogP contribution in [0.2, 0.25) is 0 Å². The molecule has 0 bridgehead atoms. The van der Waals surface area contributed by atoms with Gasteiger partial charge in [-0.1, -0.05) is 76.2 Å². The first-order chi connectivity index (χ1) is 14.9. The summed E-state index contributed by atoms with van der Waals surface area (Å²) in [5.74, 6) is 1.85. The Balaban J connectivity index is 1.77. The van der Waals surface area contributed by atoms with Crippen molar-refractivity contribution in [3.05, 3.63) is 59.7 Å². The second kappa shape index (κ2) is 8.96. The Bertz CT molecular complexity index is 1050. The van der Waals surface area contributed by atoms with Crippen LogP contribution in [-0.2, 0) is 4.79 Å². The van der Waals surface area contributed by atoms with Crippen LogP contribution in [0.15, 0.2) is 48.5 Å². The molecule has 1 aromatic heterocycles. The molecule has 0 N–H and O–H groups in total. The van der Waals surface area contributed by atoms with Crippen molar-refractivity contribution in [2.45, 2.75) is 52.4 Å². The van der Waals surface area contributed by atoms with Gasteiger partial charge in [-0.3, -0.25) is 4.79 Å². The molecule has 0 spiro atoms. The summed E-state index contributed by atoms with van der Waals surface area (Å²) >= 11 is 0. The van der Waals surface area contributed by atoms with E-state index in [4.69, 9.17) is 4.98 Å². The van der Waals surface area contributed by atoms with Gasteiger partial charge in [-0.2, -0.15) is 0 Å². The van der Waals surface area contributed by atoms with E-state index in [0.717, 1.165) is 22.5 Å². The Hall–Kier alpha value is -3.08. The van der Waals surface area contributed by atoms with Gasteiger partial charge in [0, 0.05) is 37.1 Å². The van der Waals surface area contributed by atoms with Gasteiger partial charge in [0.25, 0.3) is 0 Å². The Kier molecular flexibility index (Phi) is 6.12. The minimum atomic E-state index is 0.301. The molecule has 1 aliphatic rings. The van der Waals surface area contributed by atoms with E-state index in [0.29, 0.717) is 49.5 Å². The van der Waals surface area contributed by atoms with Crippen LogP contribution in [0.3, 0.4) is 0 Å². The molecule has 5 heteroatoms. The SMILES string of the molecule is CC(C)c1ccc(-c2nnc(N3CCC(=O)CC3)nc2-c2ccc(C(C)C)cc2)cc1.